The Hall–Kier alpha value is -2.08. The van der Waals surface area contributed by atoms with E-state index in [2.05, 4.69) is 0 Å². The molecule has 0 atom stereocenters. The molecule has 6 nitrogen and oxygen atoms in total. The second-order valence-corrected chi connectivity index (χ2v) is 5.01. The zero-order chi connectivity index (χ0) is 14.6. The number of esters is 1. The zero-order valence-corrected chi connectivity index (χ0v) is 11.5. The summed E-state index contributed by atoms with van der Waals surface area (Å²) in [5.74, 6) is 4.98. The third-order valence-electron chi connectivity index (χ3n) is 1.96. The van der Waals surface area contributed by atoms with Gasteiger partial charge in [0, 0.05) is 7.05 Å². The number of carbonyl (C=O) groups excluding carboxylic acids is 2. The van der Waals surface area contributed by atoms with Gasteiger partial charge in [-0.3, -0.25) is 0 Å². The van der Waals surface area contributed by atoms with E-state index in [0.29, 0.717) is 5.56 Å². The van der Waals surface area contributed by atoms with Crippen LogP contribution in [0.25, 0.3) is 0 Å². The predicted molar refractivity (Wildman–Crippen MR) is 69.6 cm³/mol. The Morgan fingerprint density at radius 2 is 1.89 bits per heavy atom. The van der Waals surface area contributed by atoms with Gasteiger partial charge in [-0.25, -0.2) is 20.4 Å². The fraction of sp³-hybridized carbons (Fsp3) is 0.385. The molecule has 0 aliphatic heterocycles. The van der Waals surface area contributed by atoms with E-state index in [9.17, 15) is 9.59 Å². The summed E-state index contributed by atoms with van der Waals surface area (Å²) in [7, 11) is 1.36. The lowest BCUT2D eigenvalue weighted by Crippen LogP contribution is -2.35. The van der Waals surface area contributed by atoms with Crippen LogP contribution in [-0.4, -0.2) is 29.7 Å². The van der Waals surface area contributed by atoms with Crippen molar-refractivity contribution in [2.24, 2.45) is 5.84 Å². The largest absolute Gasteiger partial charge is 0.456 e. The minimum atomic E-state index is -0.721. The Balaban J connectivity index is 2.83. The number of benzene rings is 1. The fourth-order valence-electron chi connectivity index (χ4n) is 1.20. The van der Waals surface area contributed by atoms with E-state index in [-0.39, 0.29) is 5.75 Å². The average molecular weight is 266 g/mol. The van der Waals surface area contributed by atoms with E-state index in [1.165, 1.54) is 13.1 Å². The van der Waals surface area contributed by atoms with Crippen molar-refractivity contribution >= 4 is 12.1 Å². The number of nitrogens with zero attached hydrogens (tertiary/aromatic N) is 1. The minimum Gasteiger partial charge on any atom is -0.456 e. The van der Waals surface area contributed by atoms with Gasteiger partial charge in [-0.05, 0) is 39.0 Å². The molecule has 0 saturated heterocycles. The second kappa shape index (κ2) is 5.71. The standard InChI is InChI=1S/C13H18N2O4/c1-13(2,3)19-11(16)9-6-5-7-10(8-9)18-12(17)15(4)14/h5-8H,14H2,1-4H3. The van der Waals surface area contributed by atoms with Gasteiger partial charge < -0.3 is 9.47 Å². The summed E-state index contributed by atoms with van der Waals surface area (Å²) in [4.78, 5) is 23.1. The molecule has 0 aliphatic carbocycles. The molecule has 1 aromatic carbocycles. The quantitative estimate of drug-likeness (QED) is 0.383. The first-order valence-corrected chi connectivity index (χ1v) is 5.73. The summed E-state index contributed by atoms with van der Waals surface area (Å²) >= 11 is 0. The fourth-order valence-corrected chi connectivity index (χ4v) is 1.20. The van der Waals surface area contributed by atoms with E-state index in [0.717, 1.165) is 5.01 Å². The highest BCUT2D eigenvalue weighted by molar-refractivity contribution is 5.90. The van der Waals surface area contributed by atoms with Crippen LogP contribution in [0.5, 0.6) is 5.75 Å². The lowest BCUT2D eigenvalue weighted by atomic mass is 10.1. The van der Waals surface area contributed by atoms with Crippen LogP contribution in [0.3, 0.4) is 0 Å². The van der Waals surface area contributed by atoms with Crippen LogP contribution in [0.15, 0.2) is 24.3 Å². The van der Waals surface area contributed by atoms with E-state index in [1.54, 1.807) is 39.0 Å². The van der Waals surface area contributed by atoms with Gasteiger partial charge in [0.15, 0.2) is 0 Å². The lowest BCUT2D eigenvalue weighted by molar-refractivity contribution is 0.00690. The molecule has 6 heteroatoms. The van der Waals surface area contributed by atoms with Crippen molar-refractivity contribution in [3.8, 4) is 5.75 Å². The number of rotatable bonds is 2. The average Bonchev–Trinajstić information content (AvgIpc) is 2.27. The Morgan fingerprint density at radius 3 is 2.42 bits per heavy atom. The van der Waals surface area contributed by atoms with Crippen LogP contribution in [-0.2, 0) is 4.74 Å². The van der Waals surface area contributed by atoms with Gasteiger partial charge in [-0.15, -0.1) is 0 Å². The van der Waals surface area contributed by atoms with Gasteiger partial charge in [0.05, 0.1) is 5.56 Å². The maximum Gasteiger partial charge on any atom is 0.429 e. The van der Waals surface area contributed by atoms with Crippen LogP contribution in [0.1, 0.15) is 31.1 Å². The Labute approximate surface area is 112 Å². The Kier molecular flexibility index (Phi) is 4.50. The third kappa shape index (κ3) is 4.97. The summed E-state index contributed by atoms with van der Waals surface area (Å²) < 4.78 is 10.2. The smallest absolute Gasteiger partial charge is 0.429 e. The summed E-state index contributed by atoms with van der Waals surface area (Å²) in [5, 5.41) is 0.806. The number of hydrazine groups is 1. The van der Waals surface area contributed by atoms with Crippen LogP contribution in [0.4, 0.5) is 4.79 Å². The monoisotopic (exact) mass is 266 g/mol. The predicted octanol–water partition coefficient (Wildman–Crippen LogP) is 1.95. The van der Waals surface area contributed by atoms with Crippen molar-refractivity contribution in [2.75, 3.05) is 7.05 Å². The van der Waals surface area contributed by atoms with E-state index < -0.39 is 17.7 Å². The van der Waals surface area contributed by atoms with Crippen molar-refractivity contribution in [3.05, 3.63) is 29.8 Å². The summed E-state index contributed by atoms with van der Waals surface area (Å²) in [6.45, 7) is 5.33. The van der Waals surface area contributed by atoms with Crippen LogP contribution in [0.2, 0.25) is 0 Å². The topological polar surface area (TPSA) is 81.9 Å². The number of hydrogen-bond donors (Lipinski definition) is 1. The molecule has 104 valence electrons. The maximum absolute atomic E-state index is 11.8. The zero-order valence-electron chi connectivity index (χ0n) is 11.5. The van der Waals surface area contributed by atoms with E-state index in [1.807, 2.05) is 0 Å². The van der Waals surface area contributed by atoms with E-state index in [4.69, 9.17) is 15.3 Å². The normalized spacial score (nSPS) is 10.8. The summed E-state index contributed by atoms with van der Waals surface area (Å²) in [6.07, 6.45) is -0.721. The van der Waals surface area contributed by atoms with Gasteiger partial charge in [-0.2, -0.15) is 0 Å². The molecule has 0 unspecified atom stereocenters. The molecule has 0 radical (unpaired) electrons. The summed E-state index contributed by atoms with van der Waals surface area (Å²) in [5.41, 5.74) is -0.277. The molecule has 1 amide bonds. The molecule has 0 spiro atoms. The van der Waals surface area contributed by atoms with Gasteiger partial charge in [0.2, 0.25) is 0 Å². The van der Waals surface area contributed by atoms with Gasteiger partial charge in [0.1, 0.15) is 11.4 Å². The molecule has 0 aliphatic rings. The molecule has 0 fully saturated rings. The molecule has 0 saturated carbocycles. The molecule has 0 heterocycles. The highest BCUT2D eigenvalue weighted by atomic mass is 16.6. The highest BCUT2D eigenvalue weighted by Gasteiger charge is 2.18. The van der Waals surface area contributed by atoms with Gasteiger partial charge in [-0.1, -0.05) is 6.07 Å². The van der Waals surface area contributed by atoms with Crippen molar-refractivity contribution in [1.82, 2.24) is 5.01 Å². The first-order chi connectivity index (χ1) is 8.69. The number of hydrogen-bond acceptors (Lipinski definition) is 5. The third-order valence-corrected chi connectivity index (χ3v) is 1.96. The molecule has 1 aromatic rings. The molecule has 0 aromatic heterocycles. The maximum atomic E-state index is 11.8. The first kappa shape index (κ1) is 15.0. The van der Waals surface area contributed by atoms with Crippen LogP contribution < -0.4 is 10.6 Å². The number of nitrogens with two attached hydrogens (primary N) is 1. The molecule has 19 heavy (non-hydrogen) atoms. The first-order valence-electron chi connectivity index (χ1n) is 5.73. The van der Waals surface area contributed by atoms with Crippen LogP contribution in [0, 0.1) is 0 Å². The van der Waals surface area contributed by atoms with Crippen molar-refractivity contribution in [3.63, 3.8) is 0 Å². The van der Waals surface area contributed by atoms with Crippen molar-refractivity contribution in [1.29, 1.82) is 0 Å². The number of ether oxygens (including phenoxy) is 2. The Bertz CT molecular complexity index is 478. The van der Waals surface area contributed by atoms with Crippen molar-refractivity contribution < 1.29 is 19.1 Å². The second-order valence-electron chi connectivity index (χ2n) is 5.01. The van der Waals surface area contributed by atoms with Gasteiger partial charge in [0.25, 0.3) is 0 Å². The lowest BCUT2D eigenvalue weighted by Gasteiger charge is -2.19. The number of amides is 1. The summed E-state index contributed by atoms with van der Waals surface area (Å²) in [6, 6.07) is 6.15. The Morgan fingerprint density at radius 1 is 1.26 bits per heavy atom. The molecular formula is C13H18N2O4. The van der Waals surface area contributed by atoms with Gasteiger partial charge >= 0.3 is 12.1 Å². The highest BCUT2D eigenvalue weighted by Crippen LogP contribution is 2.17. The SMILES string of the molecule is CN(N)C(=O)Oc1cccc(C(=O)OC(C)(C)C)c1. The molecular weight excluding hydrogens is 248 g/mol. The molecule has 2 N–H and O–H groups in total. The minimum absolute atomic E-state index is 0.227. The molecule has 1 rings (SSSR count). The van der Waals surface area contributed by atoms with Crippen molar-refractivity contribution in [2.45, 2.75) is 26.4 Å². The van der Waals surface area contributed by atoms with E-state index >= 15 is 0 Å². The molecule has 0 bridgehead atoms. The number of carbonyl (C=O) groups is 2. The van der Waals surface area contributed by atoms with Crippen LogP contribution >= 0.6 is 0 Å².